The number of nitrogens with one attached hydrogen (secondary N) is 2. The van der Waals surface area contributed by atoms with Crippen molar-refractivity contribution in [1.82, 2.24) is 25.3 Å². The third kappa shape index (κ3) is 13.7. The van der Waals surface area contributed by atoms with Crippen LogP contribution in [0.15, 0.2) is 53.6 Å². The summed E-state index contributed by atoms with van der Waals surface area (Å²) in [6, 6.07) is 4.61. The Morgan fingerprint density at radius 1 is 0.867 bits per heavy atom. The summed E-state index contributed by atoms with van der Waals surface area (Å²) in [7, 11) is 4.31. The largest absolute Gasteiger partial charge is 0.456 e. The van der Waals surface area contributed by atoms with Gasteiger partial charge in [0.2, 0.25) is 23.6 Å². The maximum absolute atomic E-state index is 14.2. The molecule has 0 spiro atoms. The molecule has 1 aromatic carbocycles. The molecular formula is C45H69N5O10. The Morgan fingerprint density at radius 2 is 1.47 bits per heavy atom. The fourth-order valence-electron chi connectivity index (χ4n) is 6.71. The Balaban J connectivity index is 2.67. The zero-order valence-electron chi connectivity index (χ0n) is 37.8. The Kier molecular flexibility index (Phi) is 20.2. The SMILES string of the molecule is C/C=C(\C)[C@@H]1OC(=O)[C@H](C)N(C)C(=O)[C@H]([C@H](C)CC)NC(=O)CN(C)C(=O)C(Cc2ccccc2)N(C)C(=O)[C@H](C)NC(=O)C([C@@H](C)CC)OC(=O)/C(C)=C/C[C@H](O)[C@@H]1C. The average Bonchev–Trinajstić information content (AvgIpc) is 3.24. The number of nitrogens with zero attached hydrogens (tertiary/aromatic N) is 3. The number of carbonyl (C=O) groups excluding carboxylic acids is 7. The molecule has 1 aromatic rings. The molecule has 2 unspecified atom stereocenters. The van der Waals surface area contributed by atoms with Crippen molar-refractivity contribution in [3.05, 3.63) is 59.2 Å². The predicted octanol–water partition coefficient (Wildman–Crippen LogP) is 3.58. The number of amides is 5. The van der Waals surface area contributed by atoms with Gasteiger partial charge in [0.05, 0.1) is 12.6 Å². The summed E-state index contributed by atoms with van der Waals surface area (Å²) in [5, 5.41) is 16.7. The molecule has 10 atom stereocenters. The zero-order valence-corrected chi connectivity index (χ0v) is 37.8. The standard InChI is InChI=1S/C45H69N5O10/c1-14-26(4)37-43(56)49(12)32(10)45(58)59-38(27(5)15-2)30(8)35(51)23-22-29(7)44(57)60-39(28(6)16-3)40(53)46-31(9)41(54)50(13)34(24-33-20-18-17-19-21-33)42(55)48(11)25-36(52)47-37/h15,17-22,26,28,30-32,34-35,37-39,51H,14,16,23-25H2,1-13H3,(H,46,53)(H,47,52)/b27-15+,29-22+/t26-,28+,30+,31+,32+,34?,35+,37+,38+,39?/m1/s1. The molecule has 1 aliphatic heterocycles. The minimum Gasteiger partial charge on any atom is -0.456 e. The number of aliphatic hydroxyl groups excluding tert-OH is 1. The van der Waals surface area contributed by atoms with E-state index >= 15 is 0 Å². The molecule has 0 aliphatic carbocycles. The highest BCUT2D eigenvalue weighted by atomic mass is 16.6. The Hall–Kier alpha value is -5.05. The van der Waals surface area contributed by atoms with E-state index in [4.69, 9.17) is 9.47 Å². The normalized spacial score (nSPS) is 29.2. The first-order chi connectivity index (χ1) is 28.1. The van der Waals surface area contributed by atoms with Crippen LogP contribution in [0.2, 0.25) is 0 Å². The number of hydrogen-bond acceptors (Lipinski definition) is 10. The van der Waals surface area contributed by atoms with Crippen LogP contribution in [0.25, 0.3) is 0 Å². The fourth-order valence-corrected chi connectivity index (χ4v) is 6.71. The molecule has 1 heterocycles. The minimum atomic E-state index is -1.27. The molecule has 5 amide bonds. The first kappa shape index (κ1) is 51.1. The number of benzene rings is 1. The molecule has 60 heavy (non-hydrogen) atoms. The molecule has 0 saturated heterocycles. The zero-order chi connectivity index (χ0) is 45.6. The van der Waals surface area contributed by atoms with Gasteiger partial charge in [-0.05, 0) is 64.5 Å². The molecule has 1 aliphatic rings. The van der Waals surface area contributed by atoms with Gasteiger partial charge in [-0.2, -0.15) is 0 Å². The highest BCUT2D eigenvalue weighted by Crippen LogP contribution is 2.25. The van der Waals surface area contributed by atoms with Crippen molar-refractivity contribution in [3.63, 3.8) is 0 Å². The van der Waals surface area contributed by atoms with Crippen LogP contribution < -0.4 is 10.6 Å². The molecule has 0 saturated carbocycles. The summed E-state index contributed by atoms with van der Waals surface area (Å²) in [4.78, 5) is 100. The lowest BCUT2D eigenvalue weighted by Crippen LogP contribution is -2.58. The molecule has 0 aromatic heterocycles. The molecule has 3 N–H and O–H groups in total. The second-order valence-electron chi connectivity index (χ2n) is 16.3. The molecule has 0 bridgehead atoms. The molecule has 15 heteroatoms. The maximum atomic E-state index is 14.2. The third-order valence-electron chi connectivity index (χ3n) is 11.8. The summed E-state index contributed by atoms with van der Waals surface area (Å²) in [6.45, 7) is 16.5. The van der Waals surface area contributed by atoms with Gasteiger partial charge < -0.3 is 39.9 Å². The van der Waals surface area contributed by atoms with Crippen LogP contribution in [0.3, 0.4) is 0 Å². The first-order valence-electron chi connectivity index (χ1n) is 20.9. The molecular weight excluding hydrogens is 771 g/mol. The fraction of sp³-hybridized carbons (Fsp3) is 0.622. The second kappa shape index (κ2) is 23.7. The van der Waals surface area contributed by atoms with Crippen molar-refractivity contribution in [1.29, 1.82) is 0 Å². The van der Waals surface area contributed by atoms with E-state index in [1.807, 2.05) is 19.9 Å². The van der Waals surface area contributed by atoms with Crippen LogP contribution in [0.4, 0.5) is 0 Å². The topological polar surface area (TPSA) is 192 Å². The highest BCUT2D eigenvalue weighted by molar-refractivity contribution is 5.96. The van der Waals surface area contributed by atoms with Gasteiger partial charge in [-0.1, -0.05) is 83.5 Å². The molecule has 0 fully saturated rings. The number of likely N-dealkylation sites (N-methyl/N-ethyl adjacent to an activating group) is 3. The lowest BCUT2D eigenvalue weighted by atomic mass is 9.90. The number of esters is 2. The summed E-state index contributed by atoms with van der Waals surface area (Å²) in [5.41, 5.74) is 1.52. The number of rotatable bonds is 7. The van der Waals surface area contributed by atoms with Gasteiger partial charge in [0.15, 0.2) is 6.10 Å². The van der Waals surface area contributed by atoms with Crippen LogP contribution in [0.5, 0.6) is 0 Å². The van der Waals surface area contributed by atoms with Gasteiger partial charge in [-0.15, -0.1) is 0 Å². The smallest absolute Gasteiger partial charge is 0.334 e. The van der Waals surface area contributed by atoms with E-state index < -0.39 is 102 Å². The third-order valence-corrected chi connectivity index (χ3v) is 11.8. The maximum Gasteiger partial charge on any atom is 0.334 e. The van der Waals surface area contributed by atoms with Crippen molar-refractivity contribution in [3.8, 4) is 0 Å². The Morgan fingerprint density at radius 3 is 2.03 bits per heavy atom. The number of cyclic esters (lactones) is 2. The molecule has 2 rings (SSSR count). The lowest BCUT2D eigenvalue weighted by molar-refractivity contribution is -0.160. The van der Waals surface area contributed by atoms with Crippen molar-refractivity contribution >= 4 is 41.5 Å². The van der Waals surface area contributed by atoms with Crippen LogP contribution in [-0.4, -0.2) is 131 Å². The number of ether oxygens (including phenoxy) is 2. The van der Waals surface area contributed by atoms with Crippen molar-refractivity contribution in [2.45, 2.75) is 137 Å². The Bertz CT molecular complexity index is 1730. The summed E-state index contributed by atoms with van der Waals surface area (Å²) < 4.78 is 11.7. The summed E-state index contributed by atoms with van der Waals surface area (Å²) in [5.74, 6) is -6.05. The van der Waals surface area contributed by atoms with Crippen LogP contribution in [0.1, 0.15) is 94.1 Å². The lowest BCUT2D eigenvalue weighted by Gasteiger charge is -2.34. The monoisotopic (exact) mass is 840 g/mol. The number of aliphatic hydroxyl groups is 1. The summed E-state index contributed by atoms with van der Waals surface area (Å²) in [6.07, 6.45) is 1.02. The average molecular weight is 840 g/mol. The predicted molar refractivity (Wildman–Crippen MR) is 228 cm³/mol. The molecule has 334 valence electrons. The first-order valence-corrected chi connectivity index (χ1v) is 20.9. The van der Waals surface area contributed by atoms with Crippen molar-refractivity contribution in [2.24, 2.45) is 17.8 Å². The second-order valence-corrected chi connectivity index (χ2v) is 16.3. The van der Waals surface area contributed by atoms with Crippen molar-refractivity contribution in [2.75, 3.05) is 27.7 Å². The van der Waals surface area contributed by atoms with E-state index in [0.29, 0.717) is 18.4 Å². The van der Waals surface area contributed by atoms with Gasteiger partial charge in [-0.25, -0.2) is 9.59 Å². The quantitative estimate of drug-likeness (QED) is 0.270. The number of hydrogen-bond donors (Lipinski definition) is 3. The van der Waals surface area contributed by atoms with Gasteiger partial charge >= 0.3 is 11.9 Å². The molecule has 15 nitrogen and oxygen atoms in total. The van der Waals surface area contributed by atoms with E-state index in [1.165, 1.54) is 62.7 Å². The summed E-state index contributed by atoms with van der Waals surface area (Å²) >= 11 is 0. The number of allylic oxidation sites excluding steroid dienone is 1. The van der Waals surface area contributed by atoms with E-state index in [1.54, 1.807) is 65.0 Å². The minimum absolute atomic E-state index is 0.0203. The van der Waals surface area contributed by atoms with E-state index in [2.05, 4.69) is 10.6 Å². The van der Waals surface area contributed by atoms with Gasteiger partial charge in [0.25, 0.3) is 5.91 Å². The van der Waals surface area contributed by atoms with Crippen LogP contribution in [0, 0.1) is 17.8 Å². The number of carbonyl (C=O) groups is 7. The van der Waals surface area contributed by atoms with E-state index in [0.717, 1.165) is 5.56 Å². The molecule has 0 radical (unpaired) electrons. The van der Waals surface area contributed by atoms with Crippen LogP contribution >= 0.6 is 0 Å². The highest BCUT2D eigenvalue weighted by Gasteiger charge is 2.38. The van der Waals surface area contributed by atoms with Gasteiger partial charge in [0, 0.05) is 45.0 Å². The van der Waals surface area contributed by atoms with Gasteiger partial charge in [0.1, 0.15) is 30.3 Å². The van der Waals surface area contributed by atoms with Gasteiger partial charge in [-0.3, -0.25) is 24.0 Å². The van der Waals surface area contributed by atoms with Crippen molar-refractivity contribution < 1.29 is 48.1 Å². The van der Waals surface area contributed by atoms with E-state index in [-0.39, 0.29) is 24.3 Å². The Labute approximate surface area is 356 Å². The van der Waals surface area contributed by atoms with E-state index in [9.17, 15) is 38.7 Å². The van der Waals surface area contributed by atoms with Crippen LogP contribution in [-0.2, 0) is 49.5 Å².